The Morgan fingerprint density at radius 2 is 2.00 bits per heavy atom. The van der Waals surface area contributed by atoms with E-state index in [2.05, 4.69) is 0 Å². The Bertz CT molecular complexity index is 408. The number of aliphatic hydroxyl groups is 1. The molecule has 0 aliphatic heterocycles. The number of ether oxygens (including phenoxy) is 1. The van der Waals surface area contributed by atoms with E-state index in [0.29, 0.717) is 5.75 Å². The molecule has 1 atom stereocenters. The smallest absolute Gasteiger partial charge is 0.289 e. The molecule has 18 heavy (non-hydrogen) atoms. The maximum absolute atomic E-state index is 13.5. The minimum absolute atomic E-state index is 0.199. The predicted molar refractivity (Wildman–Crippen MR) is 66.0 cm³/mol. The van der Waals surface area contributed by atoms with Gasteiger partial charge in [0.05, 0.1) is 7.11 Å². The van der Waals surface area contributed by atoms with E-state index >= 15 is 0 Å². The summed E-state index contributed by atoms with van der Waals surface area (Å²) in [5.41, 5.74) is 6.65. The van der Waals surface area contributed by atoms with Crippen LogP contribution in [0.25, 0.3) is 0 Å². The number of methoxy groups -OCH3 is 1. The van der Waals surface area contributed by atoms with E-state index in [1.165, 1.54) is 7.11 Å². The number of hydrogen-bond acceptors (Lipinski definition) is 3. The van der Waals surface area contributed by atoms with E-state index in [9.17, 15) is 8.78 Å². The van der Waals surface area contributed by atoms with Crippen LogP contribution in [0.2, 0.25) is 0 Å². The van der Waals surface area contributed by atoms with Crippen LogP contribution in [0.4, 0.5) is 8.78 Å². The lowest BCUT2D eigenvalue weighted by Crippen LogP contribution is -2.36. The van der Waals surface area contributed by atoms with Crippen LogP contribution in [0.15, 0.2) is 18.2 Å². The summed E-state index contributed by atoms with van der Waals surface area (Å²) >= 11 is 0. The van der Waals surface area contributed by atoms with Gasteiger partial charge in [0.25, 0.3) is 5.92 Å². The molecular weight excluding hydrogens is 240 g/mol. The second-order valence-electron chi connectivity index (χ2n) is 4.55. The predicted octanol–water partition coefficient (Wildman–Crippen LogP) is 2.45. The van der Waals surface area contributed by atoms with Crippen LogP contribution in [0.3, 0.4) is 0 Å². The third-order valence-corrected chi connectivity index (χ3v) is 2.92. The van der Waals surface area contributed by atoms with Crippen molar-refractivity contribution in [2.45, 2.75) is 31.7 Å². The van der Waals surface area contributed by atoms with Crippen molar-refractivity contribution >= 4 is 0 Å². The molecule has 0 unspecified atom stereocenters. The van der Waals surface area contributed by atoms with Crippen LogP contribution in [0, 0.1) is 0 Å². The van der Waals surface area contributed by atoms with Gasteiger partial charge in [-0.15, -0.1) is 0 Å². The Balaban J connectivity index is 3.23. The standard InChI is InChI=1S/C13H19F2NO2/c1-8(2)9-4-5-11(18-3)10(6-9)12(16)13(14,15)7-17/h4-6,8,12,17H,7,16H2,1-3H3/t12-/m0/s1. The van der Waals surface area contributed by atoms with E-state index in [1.807, 2.05) is 19.9 Å². The lowest BCUT2D eigenvalue weighted by Gasteiger charge is -2.24. The third-order valence-electron chi connectivity index (χ3n) is 2.92. The minimum Gasteiger partial charge on any atom is -0.496 e. The minimum atomic E-state index is -3.37. The first kappa shape index (κ1) is 14.9. The lowest BCUT2D eigenvalue weighted by atomic mass is 9.94. The maximum Gasteiger partial charge on any atom is 0.289 e. The molecule has 0 saturated carbocycles. The fraction of sp³-hybridized carbons (Fsp3) is 0.538. The van der Waals surface area contributed by atoms with Crippen molar-refractivity contribution in [3.05, 3.63) is 29.3 Å². The van der Waals surface area contributed by atoms with Gasteiger partial charge in [0, 0.05) is 5.56 Å². The zero-order chi connectivity index (χ0) is 13.9. The van der Waals surface area contributed by atoms with Crippen LogP contribution in [-0.2, 0) is 0 Å². The largest absolute Gasteiger partial charge is 0.496 e. The van der Waals surface area contributed by atoms with Crippen LogP contribution in [0.5, 0.6) is 5.75 Å². The molecule has 1 rings (SSSR count). The molecule has 0 amide bonds. The molecule has 0 bridgehead atoms. The topological polar surface area (TPSA) is 55.5 Å². The average Bonchev–Trinajstić information content (AvgIpc) is 2.36. The van der Waals surface area contributed by atoms with Gasteiger partial charge >= 0.3 is 0 Å². The zero-order valence-electron chi connectivity index (χ0n) is 10.8. The number of rotatable bonds is 5. The summed E-state index contributed by atoms with van der Waals surface area (Å²) in [6.45, 7) is 2.63. The molecule has 102 valence electrons. The summed E-state index contributed by atoms with van der Waals surface area (Å²) in [4.78, 5) is 0. The Hall–Kier alpha value is -1.20. The van der Waals surface area contributed by atoms with Crippen molar-refractivity contribution in [2.24, 2.45) is 5.73 Å². The molecule has 1 aromatic rings. The summed E-state index contributed by atoms with van der Waals surface area (Å²) in [5.74, 6) is -2.87. The van der Waals surface area contributed by atoms with Gasteiger partial charge in [-0.1, -0.05) is 26.0 Å². The molecule has 0 saturated heterocycles. The Morgan fingerprint density at radius 3 is 2.44 bits per heavy atom. The molecule has 0 radical (unpaired) electrons. The number of aliphatic hydroxyl groups excluding tert-OH is 1. The summed E-state index contributed by atoms with van der Waals surface area (Å²) < 4.78 is 31.9. The van der Waals surface area contributed by atoms with Crippen LogP contribution < -0.4 is 10.5 Å². The van der Waals surface area contributed by atoms with E-state index in [4.69, 9.17) is 15.6 Å². The first-order valence-electron chi connectivity index (χ1n) is 5.75. The van der Waals surface area contributed by atoms with E-state index in [1.54, 1.807) is 12.1 Å². The monoisotopic (exact) mass is 259 g/mol. The lowest BCUT2D eigenvalue weighted by molar-refractivity contribution is -0.0715. The second kappa shape index (κ2) is 5.63. The van der Waals surface area contributed by atoms with Gasteiger partial charge in [-0.2, -0.15) is 0 Å². The fourth-order valence-electron chi connectivity index (χ4n) is 1.68. The summed E-state index contributed by atoms with van der Waals surface area (Å²) in [6.07, 6.45) is 0. The quantitative estimate of drug-likeness (QED) is 0.854. The number of halogens is 2. The van der Waals surface area contributed by atoms with Crippen molar-refractivity contribution in [3.63, 3.8) is 0 Å². The van der Waals surface area contributed by atoms with E-state index in [-0.39, 0.29) is 11.5 Å². The van der Waals surface area contributed by atoms with Gasteiger partial charge in [0.1, 0.15) is 18.4 Å². The van der Waals surface area contributed by atoms with Gasteiger partial charge in [0.15, 0.2) is 0 Å². The van der Waals surface area contributed by atoms with Gasteiger partial charge < -0.3 is 15.6 Å². The molecule has 3 nitrogen and oxygen atoms in total. The molecule has 3 N–H and O–H groups in total. The van der Waals surface area contributed by atoms with Crippen LogP contribution >= 0.6 is 0 Å². The van der Waals surface area contributed by atoms with Gasteiger partial charge in [-0.25, -0.2) is 8.78 Å². The average molecular weight is 259 g/mol. The van der Waals surface area contributed by atoms with E-state index < -0.39 is 18.6 Å². The molecular formula is C13H19F2NO2. The summed E-state index contributed by atoms with van der Waals surface area (Å²) in [7, 11) is 1.40. The first-order valence-corrected chi connectivity index (χ1v) is 5.75. The highest BCUT2D eigenvalue weighted by Crippen LogP contribution is 2.35. The SMILES string of the molecule is COc1ccc(C(C)C)cc1[C@H](N)C(F)(F)CO. The molecule has 1 aromatic carbocycles. The third kappa shape index (κ3) is 2.97. The fourth-order valence-corrected chi connectivity index (χ4v) is 1.68. The number of alkyl halides is 2. The zero-order valence-corrected chi connectivity index (χ0v) is 10.8. The highest BCUT2D eigenvalue weighted by atomic mass is 19.3. The number of nitrogens with two attached hydrogens (primary N) is 1. The maximum atomic E-state index is 13.5. The normalized spacial score (nSPS) is 13.8. The second-order valence-corrected chi connectivity index (χ2v) is 4.55. The van der Waals surface area contributed by atoms with Crippen LogP contribution in [0.1, 0.15) is 36.9 Å². The van der Waals surface area contributed by atoms with Crippen LogP contribution in [-0.4, -0.2) is 24.7 Å². The van der Waals surface area contributed by atoms with Crippen molar-refractivity contribution < 1.29 is 18.6 Å². The highest BCUT2D eigenvalue weighted by Gasteiger charge is 2.38. The van der Waals surface area contributed by atoms with Gasteiger partial charge in [-0.3, -0.25) is 0 Å². The van der Waals surface area contributed by atoms with Gasteiger partial charge in [-0.05, 0) is 17.5 Å². The molecule has 5 heteroatoms. The Kier molecular flexibility index (Phi) is 4.65. The number of hydrogen-bond donors (Lipinski definition) is 2. The summed E-state index contributed by atoms with van der Waals surface area (Å²) in [5, 5.41) is 8.70. The van der Waals surface area contributed by atoms with E-state index in [0.717, 1.165) is 5.56 Å². The van der Waals surface area contributed by atoms with Gasteiger partial charge in [0.2, 0.25) is 0 Å². The highest BCUT2D eigenvalue weighted by molar-refractivity contribution is 5.41. The molecule has 0 aliphatic rings. The molecule has 0 fully saturated rings. The van der Waals surface area contributed by atoms with Crippen molar-refractivity contribution in [1.29, 1.82) is 0 Å². The Morgan fingerprint density at radius 1 is 1.39 bits per heavy atom. The van der Waals surface area contributed by atoms with Crippen molar-refractivity contribution in [1.82, 2.24) is 0 Å². The molecule has 0 spiro atoms. The summed E-state index contributed by atoms with van der Waals surface area (Å²) in [6, 6.07) is 3.46. The van der Waals surface area contributed by atoms with Crippen molar-refractivity contribution in [2.75, 3.05) is 13.7 Å². The first-order chi connectivity index (χ1) is 8.33. The molecule has 0 aliphatic carbocycles. The Labute approximate surface area is 106 Å². The molecule has 0 heterocycles. The number of benzene rings is 1. The molecule has 0 aromatic heterocycles. The van der Waals surface area contributed by atoms with Crippen molar-refractivity contribution in [3.8, 4) is 5.75 Å².